The SMILES string of the molecule is [B][B]B1C[B]C(C)C1. The molecular formula is C4H8B4. The van der Waals surface area contributed by atoms with Crippen LogP contribution in [0.25, 0.3) is 0 Å². The summed E-state index contributed by atoms with van der Waals surface area (Å²) in [6.07, 6.45) is 2.45. The van der Waals surface area contributed by atoms with Crippen LogP contribution in [-0.2, 0) is 0 Å². The third-order valence-electron chi connectivity index (χ3n) is 1.79. The average molecular weight is 99.4 g/mol. The molecule has 0 nitrogen and oxygen atoms in total. The molecule has 1 fully saturated rings. The second-order valence-corrected chi connectivity index (χ2v) is 2.64. The lowest BCUT2D eigenvalue weighted by atomic mass is 9.12. The van der Waals surface area contributed by atoms with Gasteiger partial charge >= 0.3 is 0 Å². The summed E-state index contributed by atoms with van der Waals surface area (Å²) in [5.74, 6) is 0.791. The molecule has 8 heavy (non-hydrogen) atoms. The van der Waals surface area contributed by atoms with E-state index in [0.29, 0.717) is 6.60 Å². The van der Waals surface area contributed by atoms with Gasteiger partial charge in [-0.25, -0.2) is 0 Å². The predicted octanol–water partition coefficient (Wildman–Crippen LogP) is 0.249. The van der Waals surface area contributed by atoms with Crippen LogP contribution in [0.2, 0.25) is 18.4 Å². The van der Waals surface area contributed by atoms with Crippen molar-refractivity contribution in [1.29, 1.82) is 0 Å². The molecule has 0 aliphatic carbocycles. The summed E-state index contributed by atoms with van der Waals surface area (Å²) in [6, 6.07) is 0. The standard InChI is InChI=1S/C4H8B4/c1-4-2-8(7-5)3-6-4/h4H,2-3H2,1H3. The third-order valence-corrected chi connectivity index (χ3v) is 1.79. The van der Waals surface area contributed by atoms with Gasteiger partial charge in [-0.1, -0.05) is 19.1 Å². The Bertz CT molecular complexity index is 74.4. The molecule has 0 aromatic carbocycles. The zero-order valence-corrected chi connectivity index (χ0v) is 5.30. The van der Waals surface area contributed by atoms with Crippen molar-refractivity contribution in [2.24, 2.45) is 0 Å². The highest BCUT2D eigenvalue weighted by molar-refractivity contribution is 7.33. The van der Waals surface area contributed by atoms with E-state index in [1.54, 1.807) is 0 Å². The molecule has 0 saturated carbocycles. The van der Waals surface area contributed by atoms with Crippen LogP contribution in [0.15, 0.2) is 0 Å². The number of rotatable bonds is 1. The van der Waals surface area contributed by atoms with Gasteiger partial charge in [0.15, 0.2) is 0 Å². The largest absolute Gasteiger partial charge is 0.108 e. The van der Waals surface area contributed by atoms with Crippen LogP contribution in [0.1, 0.15) is 6.92 Å². The number of hydrogen-bond donors (Lipinski definition) is 0. The third kappa shape index (κ3) is 1.37. The smallest absolute Gasteiger partial charge is 0.103 e. The fourth-order valence-electron chi connectivity index (χ4n) is 1.23. The summed E-state index contributed by atoms with van der Waals surface area (Å²) >= 11 is 0. The van der Waals surface area contributed by atoms with Crippen LogP contribution in [0.3, 0.4) is 0 Å². The first-order chi connectivity index (χ1) is 3.83. The van der Waals surface area contributed by atoms with Gasteiger partial charge in [0, 0.05) is 14.8 Å². The highest BCUT2D eigenvalue weighted by Crippen LogP contribution is 2.22. The topological polar surface area (TPSA) is 0 Å². The van der Waals surface area contributed by atoms with Crippen molar-refractivity contribution >= 4 is 28.7 Å². The lowest BCUT2D eigenvalue weighted by molar-refractivity contribution is 1.07. The van der Waals surface area contributed by atoms with E-state index >= 15 is 0 Å². The summed E-state index contributed by atoms with van der Waals surface area (Å²) in [7, 11) is 9.51. The summed E-state index contributed by atoms with van der Waals surface area (Å²) < 4.78 is 0. The minimum absolute atomic E-state index is 0.671. The van der Waals surface area contributed by atoms with Crippen molar-refractivity contribution in [3.05, 3.63) is 0 Å². The van der Waals surface area contributed by atoms with Crippen molar-refractivity contribution in [1.82, 2.24) is 0 Å². The highest BCUT2D eigenvalue weighted by atomic mass is 13.9. The van der Waals surface area contributed by atoms with Crippen molar-refractivity contribution in [3.63, 3.8) is 0 Å². The van der Waals surface area contributed by atoms with Gasteiger partial charge in [-0.05, 0) is 0 Å². The average Bonchev–Trinajstić information content (AvgIpc) is 2.14. The molecule has 36 valence electrons. The first kappa shape index (κ1) is 6.38. The lowest BCUT2D eigenvalue weighted by Crippen LogP contribution is -2.17. The second kappa shape index (κ2) is 2.70. The van der Waals surface area contributed by atoms with E-state index in [9.17, 15) is 0 Å². The Balaban J connectivity index is 2.22. The van der Waals surface area contributed by atoms with Crippen LogP contribution in [0, 0.1) is 0 Å². The minimum Gasteiger partial charge on any atom is -0.108 e. The normalized spacial score (nSPS) is 27.6. The Hall–Kier alpha value is 0.260. The fourth-order valence-corrected chi connectivity index (χ4v) is 1.23. The zero-order valence-electron chi connectivity index (χ0n) is 5.30. The van der Waals surface area contributed by atoms with Crippen LogP contribution in [-0.4, -0.2) is 28.7 Å². The van der Waals surface area contributed by atoms with Crippen LogP contribution in [0.4, 0.5) is 0 Å². The quantitative estimate of drug-likeness (QED) is 0.413. The maximum atomic E-state index is 5.35. The Morgan fingerprint density at radius 3 is 2.88 bits per heavy atom. The van der Waals surface area contributed by atoms with Crippen molar-refractivity contribution < 1.29 is 0 Å². The summed E-state index contributed by atoms with van der Waals surface area (Å²) in [5.41, 5.74) is 0. The molecule has 1 heterocycles. The fraction of sp³-hybridized carbons (Fsp3) is 1.00. The van der Waals surface area contributed by atoms with Gasteiger partial charge < -0.3 is 0 Å². The predicted molar refractivity (Wildman–Crippen MR) is 42.1 cm³/mol. The summed E-state index contributed by atoms with van der Waals surface area (Å²) in [5, 5.41) is 0. The van der Waals surface area contributed by atoms with Gasteiger partial charge in [0.1, 0.15) is 7.28 Å². The van der Waals surface area contributed by atoms with Crippen molar-refractivity contribution in [2.45, 2.75) is 25.3 Å². The lowest BCUT2D eigenvalue weighted by Gasteiger charge is -1.98. The van der Waals surface area contributed by atoms with E-state index in [2.05, 4.69) is 14.2 Å². The van der Waals surface area contributed by atoms with E-state index in [1.165, 1.54) is 12.5 Å². The first-order valence-electron chi connectivity index (χ1n) is 3.21. The van der Waals surface area contributed by atoms with Gasteiger partial charge in [0.2, 0.25) is 0 Å². The van der Waals surface area contributed by atoms with Crippen molar-refractivity contribution in [2.75, 3.05) is 0 Å². The molecule has 4 radical (unpaired) electrons. The molecule has 1 unspecified atom stereocenters. The van der Waals surface area contributed by atoms with E-state index in [0.717, 1.165) is 5.82 Å². The Kier molecular flexibility index (Phi) is 2.16. The molecule has 0 bridgehead atoms. The molecule has 0 aromatic heterocycles. The molecule has 1 rings (SSSR count). The molecule has 0 amide bonds. The van der Waals surface area contributed by atoms with E-state index in [1.807, 2.05) is 7.06 Å². The molecule has 1 saturated heterocycles. The molecule has 1 atom stereocenters. The van der Waals surface area contributed by atoms with Crippen LogP contribution < -0.4 is 0 Å². The van der Waals surface area contributed by atoms with Gasteiger partial charge in [-0.15, -0.1) is 6.22 Å². The molecule has 1 aliphatic rings. The van der Waals surface area contributed by atoms with Gasteiger partial charge in [-0.2, -0.15) is 0 Å². The minimum atomic E-state index is 0.671. The molecule has 1 aliphatic heterocycles. The van der Waals surface area contributed by atoms with Crippen LogP contribution in [0.5, 0.6) is 0 Å². The molecule has 4 heteroatoms. The van der Waals surface area contributed by atoms with Crippen molar-refractivity contribution in [3.8, 4) is 0 Å². The Morgan fingerprint density at radius 1 is 1.88 bits per heavy atom. The van der Waals surface area contributed by atoms with Gasteiger partial charge in [0.05, 0.1) is 6.60 Å². The zero-order chi connectivity index (χ0) is 5.98. The highest BCUT2D eigenvalue weighted by Gasteiger charge is 2.22. The maximum absolute atomic E-state index is 5.35. The second-order valence-electron chi connectivity index (χ2n) is 2.64. The molecular weight excluding hydrogens is 91.3 g/mol. The van der Waals surface area contributed by atoms with E-state index < -0.39 is 0 Å². The van der Waals surface area contributed by atoms with Gasteiger partial charge in [0.25, 0.3) is 0 Å². The Morgan fingerprint density at radius 2 is 2.62 bits per heavy atom. The van der Waals surface area contributed by atoms with E-state index in [4.69, 9.17) is 7.74 Å². The monoisotopic (exact) mass is 100 g/mol. The van der Waals surface area contributed by atoms with Crippen LogP contribution >= 0.6 is 0 Å². The maximum Gasteiger partial charge on any atom is 0.103 e. The summed E-state index contributed by atoms with van der Waals surface area (Å²) in [4.78, 5) is 0. The van der Waals surface area contributed by atoms with E-state index in [-0.39, 0.29) is 0 Å². The Labute approximate surface area is 54.7 Å². The molecule has 0 N–H and O–H groups in total. The summed E-state index contributed by atoms with van der Waals surface area (Å²) in [6.45, 7) is 2.91. The number of hydrogen-bond acceptors (Lipinski definition) is 0. The molecule has 0 spiro atoms. The first-order valence-corrected chi connectivity index (χ1v) is 3.21. The van der Waals surface area contributed by atoms with Gasteiger partial charge in [-0.3, -0.25) is 0 Å². The molecule has 0 aromatic rings.